The van der Waals surface area contributed by atoms with Gasteiger partial charge in [-0.2, -0.15) is 0 Å². The van der Waals surface area contributed by atoms with Gasteiger partial charge in [-0.1, -0.05) is 72.4 Å². The Bertz CT molecular complexity index is 1010. The lowest BCUT2D eigenvalue weighted by molar-refractivity contribution is -1.09. The summed E-state index contributed by atoms with van der Waals surface area (Å²) in [5.74, 6) is 0.984. The smallest absolute Gasteiger partial charge is 0.260 e. The summed E-state index contributed by atoms with van der Waals surface area (Å²) in [6.07, 6.45) is 3.62. The maximum absolute atomic E-state index is 14.0. The number of Topliss-reactive ketones (excluding diaryl/α,β-unsaturated/α-hetero) is 1. The van der Waals surface area contributed by atoms with Gasteiger partial charge in [0.2, 0.25) is 11.9 Å². The molecule has 0 radical (unpaired) electrons. The highest BCUT2D eigenvalue weighted by molar-refractivity contribution is 7.99. The number of benzene rings is 2. The number of ketones is 1. The molecular formula is C27H37N2O3SSi+. The first-order valence-corrected chi connectivity index (χ1v) is 17.1. The van der Waals surface area contributed by atoms with Gasteiger partial charge in [0.25, 0.3) is 5.72 Å². The third kappa shape index (κ3) is 4.00. The van der Waals surface area contributed by atoms with E-state index in [1.54, 1.807) is 0 Å². The number of nitrogens with zero attached hydrogens (tertiary/aromatic N) is 1. The van der Waals surface area contributed by atoms with Crippen LogP contribution in [0.1, 0.15) is 42.1 Å². The summed E-state index contributed by atoms with van der Waals surface area (Å²) >= 11 is 1.93. The molecule has 2 aromatic rings. The van der Waals surface area contributed by atoms with Gasteiger partial charge in [-0.25, -0.2) is 4.48 Å². The van der Waals surface area contributed by atoms with Crippen LogP contribution in [0.3, 0.4) is 0 Å². The minimum Gasteiger partial charge on any atom is -0.630 e. The lowest BCUT2D eigenvalue weighted by atomic mass is 9.84. The number of carbonyl (C=O) groups excluding carboxylic acids is 1. The van der Waals surface area contributed by atoms with E-state index < -0.39 is 14.0 Å². The van der Waals surface area contributed by atoms with Crippen molar-refractivity contribution in [3.05, 3.63) is 77.0 Å². The average molecular weight is 498 g/mol. The second kappa shape index (κ2) is 9.19. The van der Waals surface area contributed by atoms with Crippen LogP contribution < -0.4 is 5.06 Å². The summed E-state index contributed by atoms with van der Waals surface area (Å²) in [4.78, 5) is 14.0. The van der Waals surface area contributed by atoms with E-state index in [9.17, 15) is 10.0 Å². The number of fused-ring (bicyclic) bond motifs is 1. The van der Waals surface area contributed by atoms with Crippen LogP contribution in [0.25, 0.3) is 0 Å². The topological polar surface area (TPSA) is 53.8 Å². The lowest BCUT2D eigenvalue weighted by Gasteiger charge is -2.54. The van der Waals surface area contributed by atoms with Gasteiger partial charge in [0.15, 0.2) is 14.4 Å². The summed E-state index contributed by atoms with van der Waals surface area (Å²) in [5.41, 5.74) is 1.52. The number of thioether (sulfide) groups is 1. The van der Waals surface area contributed by atoms with E-state index in [0.29, 0.717) is 28.9 Å². The van der Waals surface area contributed by atoms with Crippen LogP contribution in [-0.2, 0) is 15.6 Å². The predicted octanol–water partition coefficient (Wildman–Crippen LogP) is 4.27. The van der Waals surface area contributed by atoms with E-state index in [-0.39, 0.29) is 23.2 Å². The fourth-order valence-corrected chi connectivity index (χ4v) is 9.94. The molecule has 7 heteroatoms. The molecule has 0 spiro atoms. The van der Waals surface area contributed by atoms with E-state index >= 15 is 0 Å². The van der Waals surface area contributed by atoms with E-state index in [1.165, 1.54) is 11.1 Å². The number of carbonyl (C=O) groups is 1. The van der Waals surface area contributed by atoms with E-state index in [0.717, 1.165) is 25.1 Å². The van der Waals surface area contributed by atoms with Crippen molar-refractivity contribution in [1.82, 2.24) is 0 Å². The Labute approximate surface area is 208 Å². The lowest BCUT2D eigenvalue weighted by Crippen LogP contribution is -3.12. The van der Waals surface area contributed by atoms with Crippen LogP contribution in [0, 0.1) is 5.21 Å². The standard InChI is InChI=1S/C27H37N2O3SSi/c1-34(2,3)32-27(17-11-10-16-24(27)30)29-20-33-26(22-14-8-5-9-15-22)23(29)19-28(31)25(29)18-21-12-6-4-7-13-21/h4-9,12-15,23,25-26,28H,10-11,16-20H2,1-3H3/q+1. The van der Waals surface area contributed by atoms with Crippen LogP contribution in [0.4, 0.5) is 0 Å². The molecule has 1 N–H and O–H groups in total. The molecule has 34 heavy (non-hydrogen) atoms. The Kier molecular flexibility index (Phi) is 6.55. The van der Waals surface area contributed by atoms with Crippen LogP contribution in [-0.4, -0.2) is 48.9 Å². The molecule has 3 aliphatic rings. The second-order valence-electron chi connectivity index (χ2n) is 11.1. The Hall–Kier alpha value is -1.48. The minimum atomic E-state index is -2.09. The molecule has 2 heterocycles. The molecule has 3 fully saturated rings. The molecule has 6 unspecified atom stereocenters. The first-order valence-electron chi connectivity index (χ1n) is 12.6. The van der Waals surface area contributed by atoms with Crippen molar-refractivity contribution in [3.63, 3.8) is 0 Å². The first kappa shape index (κ1) is 24.2. The summed E-state index contributed by atoms with van der Waals surface area (Å²) in [5, 5.41) is 14.3. The quantitative estimate of drug-likeness (QED) is 0.368. The molecule has 1 aliphatic carbocycles. The van der Waals surface area contributed by atoms with Gasteiger partial charge in [0, 0.05) is 12.8 Å². The van der Waals surface area contributed by atoms with Crippen molar-refractivity contribution in [2.24, 2.45) is 0 Å². The fraction of sp³-hybridized carbons (Fsp3) is 0.519. The zero-order chi connectivity index (χ0) is 24.0. The Morgan fingerprint density at radius 2 is 1.76 bits per heavy atom. The largest absolute Gasteiger partial charge is 0.630 e. The summed E-state index contributed by atoms with van der Waals surface area (Å²) in [6.45, 7) is 7.08. The second-order valence-corrected chi connectivity index (χ2v) is 16.7. The van der Waals surface area contributed by atoms with Gasteiger partial charge in [-0.05, 0) is 43.6 Å². The molecule has 1 saturated carbocycles. The monoisotopic (exact) mass is 497 g/mol. The molecular weight excluding hydrogens is 460 g/mol. The van der Waals surface area contributed by atoms with Crippen molar-refractivity contribution in [3.8, 4) is 0 Å². The summed E-state index contributed by atoms with van der Waals surface area (Å²) in [7, 11) is -2.09. The van der Waals surface area contributed by atoms with Gasteiger partial charge in [0.05, 0.1) is 11.7 Å². The number of nitrogens with one attached hydrogen (secondary N) is 1. The number of rotatable bonds is 6. The Morgan fingerprint density at radius 3 is 2.41 bits per heavy atom. The maximum Gasteiger partial charge on any atom is 0.260 e. The predicted molar refractivity (Wildman–Crippen MR) is 139 cm³/mol. The van der Waals surface area contributed by atoms with Crippen molar-refractivity contribution in [2.45, 2.75) is 74.9 Å². The fourth-order valence-electron chi connectivity index (χ4n) is 6.67. The molecule has 0 amide bonds. The zero-order valence-corrected chi connectivity index (χ0v) is 22.4. The molecule has 6 atom stereocenters. The van der Waals surface area contributed by atoms with E-state index in [4.69, 9.17) is 4.43 Å². The van der Waals surface area contributed by atoms with Crippen LogP contribution >= 0.6 is 11.8 Å². The third-order valence-corrected chi connectivity index (χ3v) is 10.4. The molecule has 2 aromatic carbocycles. The van der Waals surface area contributed by atoms with Crippen molar-refractivity contribution < 1.29 is 18.8 Å². The van der Waals surface area contributed by atoms with Gasteiger partial charge in [-0.3, -0.25) is 4.79 Å². The van der Waals surface area contributed by atoms with Crippen molar-refractivity contribution >= 4 is 25.9 Å². The average Bonchev–Trinajstić information content (AvgIpc) is 3.31. The highest BCUT2D eigenvalue weighted by Crippen LogP contribution is 2.56. The first-order chi connectivity index (χ1) is 16.3. The van der Waals surface area contributed by atoms with Crippen molar-refractivity contribution in [1.29, 1.82) is 0 Å². The Balaban J connectivity index is 1.67. The third-order valence-electron chi connectivity index (χ3n) is 7.90. The highest BCUT2D eigenvalue weighted by Gasteiger charge is 2.74. The van der Waals surface area contributed by atoms with E-state index in [2.05, 4.69) is 56.0 Å². The van der Waals surface area contributed by atoms with Gasteiger partial charge in [0.1, 0.15) is 12.4 Å². The van der Waals surface area contributed by atoms with Crippen LogP contribution in [0.15, 0.2) is 60.7 Å². The minimum absolute atomic E-state index is 0.0620. The number of quaternary nitrogens is 2. The molecule has 0 aromatic heterocycles. The van der Waals surface area contributed by atoms with Gasteiger partial charge >= 0.3 is 0 Å². The highest BCUT2D eigenvalue weighted by atomic mass is 32.2. The summed E-state index contributed by atoms with van der Waals surface area (Å²) < 4.78 is 7.56. The molecule has 2 aliphatic heterocycles. The van der Waals surface area contributed by atoms with Gasteiger partial charge < -0.3 is 14.7 Å². The van der Waals surface area contributed by atoms with Crippen LogP contribution in [0.2, 0.25) is 19.6 Å². The maximum atomic E-state index is 14.0. The molecule has 182 valence electrons. The Morgan fingerprint density at radius 1 is 1.09 bits per heavy atom. The SMILES string of the molecule is C[Si](C)(C)OC1([N+]23CSC(c4ccccc4)C2C[NH+]([O-])C3Cc2ccccc2)CCCCC1=O. The molecule has 5 rings (SSSR count). The molecule has 0 bridgehead atoms. The van der Waals surface area contributed by atoms with E-state index in [1.807, 2.05) is 36.0 Å². The summed E-state index contributed by atoms with van der Waals surface area (Å²) in [6, 6.07) is 21.0. The number of hydrogen-bond donors (Lipinski definition) is 1. The zero-order valence-electron chi connectivity index (χ0n) is 20.5. The normalized spacial score (nSPS) is 35.9. The number of hydroxylamine groups is 2. The molecule has 2 saturated heterocycles. The van der Waals surface area contributed by atoms with Gasteiger partial charge in [-0.15, -0.1) is 0 Å². The number of hydrogen-bond acceptors (Lipinski definition) is 4. The van der Waals surface area contributed by atoms with Crippen LogP contribution in [0.5, 0.6) is 0 Å². The van der Waals surface area contributed by atoms with Crippen molar-refractivity contribution in [2.75, 3.05) is 12.4 Å². The molecule has 5 nitrogen and oxygen atoms in total.